The topological polar surface area (TPSA) is 57.6 Å². The number of aliphatic carboxylic acids is 1. The van der Waals surface area contributed by atoms with E-state index in [0.29, 0.717) is 18.9 Å². The lowest BCUT2D eigenvalue weighted by Crippen LogP contribution is -2.39. The van der Waals surface area contributed by atoms with Crippen molar-refractivity contribution in [1.29, 1.82) is 0 Å². The lowest BCUT2D eigenvalue weighted by molar-refractivity contribution is -0.147. The fraction of sp³-hybridized carbons (Fsp3) is 0.833. The average molecular weight is 225 g/mol. The van der Waals surface area contributed by atoms with Crippen molar-refractivity contribution in [3.63, 3.8) is 0 Å². The molecule has 0 unspecified atom stereocenters. The van der Waals surface area contributed by atoms with Crippen LogP contribution in [0.1, 0.15) is 39.0 Å². The Morgan fingerprint density at radius 3 is 2.38 bits per heavy atom. The number of nitrogens with zero attached hydrogens (tertiary/aromatic N) is 1. The predicted molar refractivity (Wildman–Crippen MR) is 58.9 cm³/mol. The molecule has 1 aliphatic carbocycles. The van der Waals surface area contributed by atoms with Gasteiger partial charge in [0.1, 0.15) is 6.04 Å². The molecule has 4 nitrogen and oxygen atoms in total. The van der Waals surface area contributed by atoms with Gasteiger partial charge in [-0.05, 0) is 24.7 Å². The fourth-order valence-electron chi connectivity index (χ4n) is 2.88. The summed E-state index contributed by atoms with van der Waals surface area (Å²) in [6.45, 7) is 2.10. The Bertz CT molecular complexity index is 277. The minimum Gasteiger partial charge on any atom is -0.480 e. The van der Waals surface area contributed by atoms with Crippen LogP contribution in [0.5, 0.6) is 0 Å². The van der Waals surface area contributed by atoms with Gasteiger partial charge in [-0.1, -0.05) is 19.3 Å². The van der Waals surface area contributed by atoms with Crippen LogP contribution in [0.3, 0.4) is 0 Å². The van der Waals surface area contributed by atoms with Crippen molar-refractivity contribution in [2.45, 2.75) is 45.1 Å². The van der Waals surface area contributed by atoms with Gasteiger partial charge < -0.3 is 10.0 Å². The molecule has 2 rings (SSSR count). The number of amides is 1. The maximum atomic E-state index is 11.3. The number of carbonyl (C=O) groups excluding carboxylic acids is 1. The lowest BCUT2D eigenvalue weighted by Gasteiger charge is -2.27. The zero-order valence-electron chi connectivity index (χ0n) is 9.69. The number of rotatable bonds is 3. The molecule has 1 saturated carbocycles. The molecule has 0 spiro atoms. The summed E-state index contributed by atoms with van der Waals surface area (Å²) in [6.07, 6.45) is 5.64. The van der Waals surface area contributed by atoms with Crippen molar-refractivity contribution in [2.75, 3.05) is 6.54 Å². The van der Waals surface area contributed by atoms with Crippen LogP contribution in [0.4, 0.5) is 0 Å². The first-order valence-electron chi connectivity index (χ1n) is 6.08. The van der Waals surface area contributed by atoms with Gasteiger partial charge in [-0.3, -0.25) is 4.79 Å². The maximum absolute atomic E-state index is 11.3. The van der Waals surface area contributed by atoms with Gasteiger partial charge >= 0.3 is 5.97 Å². The summed E-state index contributed by atoms with van der Waals surface area (Å²) in [4.78, 5) is 23.9. The third-order valence-corrected chi connectivity index (χ3v) is 3.97. The van der Waals surface area contributed by atoms with Crippen LogP contribution in [0, 0.1) is 11.8 Å². The maximum Gasteiger partial charge on any atom is 0.326 e. The Morgan fingerprint density at radius 1 is 1.31 bits per heavy atom. The molecule has 1 N–H and O–H groups in total. The lowest BCUT2D eigenvalue weighted by atomic mass is 9.78. The molecule has 0 aromatic carbocycles. The monoisotopic (exact) mass is 225 g/mol. The van der Waals surface area contributed by atoms with Gasteiger partial charge in [0.25, 0.3) is 0 Å². The molecule has 1 amide bonds. The second-order valence-corrected chi connectivity index (χ2v) is 5.16. The highest BCUT2D eigenvalue weighted by atomic mass is 16.4. The summed E-state index contributed by atoms with van der Waals surface area (Å²) in [7, 11) is 0. The summed E-state index contributed by atoms with van der Waals surface area (Å²) in [5.74, 6) is 0.219. The highest BCUT2D eigenvalue weighted by Crippen LogP contribution is 2.36. The van der Waals surface area contributed by atoms with Gasteiger partial charge in [0.15, 0.2) is 0 Å². The Morgan fingerprint density at radius 2 is 2.00 bits per heavy atom. The first-order chi connectivity index (χ1) is 7.58. The quantitative estimate of drug-likeness (QED) is 0.791. The summed E-state index contributed by atoms with van der Waals surface area (Å²) >= 11 is 0. The number of hydrogen-bond donors (Lipinski definition) is 1. The Hall–Kier alpha value is -1.06. The first-order valence-corrected chi connectivity index (χ1v) is 6.08. The molecule has 0 bridgehead atoms. The van der Waals surface area contributed by atoms with E-state index in [0.717, 1.165) is 12.3 Å². The van der Waals surface area contributed by atoms with Gasteiger partial charge in [-0.25, -0.2) is 4.79 Å². The normalized spacial score (nSPS) is 30.2. The van der Waals surface area contributed by atoms with E-state index in [1.165, 1.54) is 31.1 Å². The van der Waals surface area contributed by atoms with Crippen molar-refractivity contribution < 1.29 is 14.7 Å². The number of carbonyl (C=O) groups is 2. The zero-order chi connectivity index (χ0) is 11.7. The van der Waals surface area contributed by atoms with Crippen LogP contribution in [0.2, 0.25) is 0 Å². The van der Waals surface area contributed by atoms with Gasteiger partial charge in [0.2, 0.25) is 5.91 Å². The molecule has 90 valence electrons. The third kappa shape index (κ3) is 2.20. The van der Waals surface area contributed by atoms with Crippen molar-refractivity contribution in [2.24, 2.45) is 11.8 Å². The zero-order valence-corrected chi connectivity index (χ0v) is 9.69. The second kappa shape index (κ2) is 4.44. The van der Waals surface area contributed by atoms with Crippen LogP contribution in [0.25, 0.3) is 0 Å². The van der Waals surface area contributed by atoms with Crippen LogP contribution >= 0.6 is 0 Å². The minimum absolute atomic E-state index is 0.108. The second-order valence-electron chi connectivity index (χ2n) is 5.16. The molecular weight excluding hydrogens is 206 g/mol. The summed E-state index contributed by atoms with van der Waals surface area (Å²) in [5.41, 5.74) is 0. The number of carboxylic acid groups (broad SMARTS) is 1. The molecule has 1 aliphatic heterocycles. The van der Waals surface area contributed by atoms with Crippen molar-refractivity contribution in [1.82, 2.24) is 4.90 Å². The van der Waals surface area contributed by atoms with E-state index in [9.17, 15) is 9.59 Å². The molecule has 0 radical (unpaired) electrons. The van der Waals surface area contributed by atoms with E-state index >= 15 is 0 Å². The molecule has 0 aromatic rings. The van der Waals surface area contributed by atoms with Crippen molar-refractivity contribution in [3.8, 4) is 0 Å². The number of carboxylic acids is 1. The van der Waals surface area contributed by atoms with Crippen LogP contribution in [-0.4, -0.2) is 34.5 Å². The molecule has 4 heteroatoms. The minimum atomic E-state index is -0.855. The van der Waals surface area contributed by atoms with E-state index in [4.69, 9.17) is 5.11 Å². The van der Waals surface area contributed by atoms with E-state index in [2.05, 4.69) is 0 Å². The highest BCUT2D eigenvalue weighted by Gasteiger charge is 2.39. The molecule has 16 heavy (non-hydrogen) atoms. The molecule has 2 atom stereocenters. The van der Waals surface area contributed by atoms with Crippen molar-refractivity contribution >= 4 is 11.9 Å². The van der Waals surface area contributed by atoms with Gasteiger partial charge in [-0.15, -0.1) is 0 Å². The average Bonchev–Trinajstić information content (AvgIpc) is 2.55. The van der Waals surface area contributed by atoms with Crippen molar-refractivity contribution in [3.05, 3.63) is 0 Å². The molecule has 2 aliphatic rings. The van der Waals surface area contributed by atoms with Crippen LogP contribution in [0.15, 0.2) is 0 Å². The first kappa shape index (κ1) is 11.4. The van der Waals surface area contributed by atoms with E-state index < -0.39 is 12.0 Å². The van der Waals surface area contributed by atoms with Crippen LogP contribution < -0.4 is 0 Å². The molecule has 0 aromatic heterocycles. The Balaban J connectivity index is 1.93. The molecule has 2 fully saturated rings. The number of likely N-dealkylation sites (tertiary alicyclic amines) is 1. The van der Waals surface area contributed by atoms with E-state index in [1.807, 2.05) is 0 Å². The largest absolute Gasteiger partial charge is 0.480 e. The number of hydrogen-bond acceptors (Lipinski definition) is 2. The summed E-state index contributed by atoms with van der Waals surface area (Å²) in [5, 5.41) is 9.06. The van der Waals surface area contributed by atoms with Gasteiger partial charge in [-0.2, -0.15) is 0 Å². The summed E-state index contributed by atoms with van der Waals surface area (Å²) in [6, 6.07) is -0.581. The van der Waals surface area contributed by atoms with Crippen LogP contribution in [-0.2, 0) is 9.59 Å². The predicted octanol–water partition coefficient (Wildman–Crippen LogP) is 1.50. The summed E-state index contributed by atoms with van der Waals surface area (Å²) < 4.78 is 0. The van der Waals surface area contributed by atoms with Gasteiger partial charge in [0.05, 0.1) is 0 Å². The standard InChI is InChI=1S/C12H19NO3/c1-8(14)13-7-10(5-9-3-2-4-9)6-11(13)12(15)16/h9-11H,2-7H2,1H3,(H,15,16)/t10-,11-/m0/s1. The smallest absolute Gasteiger partial charge is 0.326 e. The SMILES string of the molecule is CC(=O)N1C[C@@H](CC2CCC2)C[C@H]1C(=O)O. The third-order valence-electron chi connectivity index (χ3n) is 3.97. The molecular formula is C12H19NO3. The fourth-order valence-corrected chi connectivity index (χ4v) is 2.88. The van der Waals surface area contributed by atoms with Gasteiger partial charge in [0, 0.05) is 13.5 Å². The Labute approximate surface area is 95.6 Å². The molecule has 1 saturated heterocycles. The molecule has 1 heterocycles. The van der Waals surface area contributed by atoms with E-state index in [-0.39, 0.29) is 5.91 Å². The highest BCUT2D eigenvalue weighted by molar-refractivity contribution is 5.82. The Kier molecular flexibility index (Phi) is 3.17. The van der Waals surface area contributed by atoms with E-state index in [1.54, 1.807) is 0 Å².